The van der Waals surface area contributed by atoms with Crippen molar-refractivity contribution in [2.24, 2.45) is 5.10 Å². The van der Waals surface area contributed by atoms with Crippen LogP contribution in [0.4, 0.5) is 5.69 Å². The summed E-state index contributed by atoms with van der Waals surface area (Å²) in [7, 11) is 0. The molecule has 2 N–H and O–H groups in total. The molecule has 18 heavy (non-hydrogen) atoms. The highest BCUT2D eigenvalue weighted by atomic mass is 32.2. The van der Waals surface area contributed by atoms with Crippen molar-refractivity contribution in [3.05, 3.63) is 29.3 Å². The molecule has 0 aliphatic carbocycles. The lowest BCUT2D eigenvalue weighted by molar-refractivity contribution is 1.02. The van der Waals surface area contributed by atoms with Gasteiger partial charge in [0.15, 0.2) is 5.11 Å². The molecule has 0 aromatic heterocycles. The number of rotatable bonds is 2. The number of benzene rings is 1. The van der Waals surface area contributed by atoms with Gasteiger partial charge in [-0.25, -0.2) is 0 Å². The Morgan fingerprint density at radius 2 is 2.22 bits per heavy atom. The van der Waals surface area contributed by atoms with E-state index >= 15 is 0 Å². The monoisotopic (exact) mass is 279 g/mol. The summed E-state index contributed by atoms with van der Waals surface area (Å²) in [5, 5.41) is 8.02. The fourth-order valence-corrected chi connectivity index (χ4v) is 2.90. The Kier molecular flexibility index (Phi) is 4.60. The van der Waals surface area contributed by atoms with Crippen molar-refractivity contribution >= 4 is 40.5 Å². The first-order chi connectivity index (χ1) is 8.65. The highest BCUT2D eigenvalue weighted by molar-refractivity contribution is 8.00. The lowest BCUT2D eigenvalue weighted by atomic mass is 10.1. The topological polar surface area (TPSA) is 36.4 Å². The molecule has 0 spiro atoms. The molecule has 0 atom stereocenters. The van der Waals surface area contributed by atoms with Crippen LogP contribution in [0.25, 0.3) is 0 Å². The lowest BCUT2D eigenvalue weighted by Gasteiger charge is -2.10. The van der Waals surface area contributed by atoms with Gasteiger partial charge in [0.1, 0.15) is 0 Å². The van der Waals surface area contributed by atoms with Crippen molar-refractivity contribution in [2.45, 2.75) is 20.3 Å². The number of anilines is 1. The third-order valence-corrected chi connectivity index (χ3v) is 3.97. The first kappa shape index (κ1) is 13.4. The number of hydrogen-bond donors (Lipinski definition) is 2. The molecule has 1 aromatic carbocycles. The lowest BCUT2D eigenvalue weighted by Crippen LogP contribution is -2.25. The molecule has 0 unspecified atom stereocenters. The molecule has 1 fully saturated rings. The molecule has 0 bridgehead atoms. The summed E-state index contributed by atoms with van der Waals surface area (Å²) in [5.41, 5.74) is 7.56. The van der Waals surface area contributed by atoms with Gasteiger partial charge in [0.25, 0.3) is 0 Å². The zero-order chi connectivity index (χ0) is 13.0. The first-order valence-corrected chi connectivity index (χ1v) is 7.49. The van der Waals surface area contributed by atoms with Crippen molar-refractivity contribution in [3.63, 3.8) is 0 Å². The van der Waals surface area contributed by atoms with Gasteiger partial charge in [-0.2, -0.15) is 16.9 Å². The van der Waals surface area contributed by atoms with Gasteiger partial charge >= 0.3 is 0 Å². The number of thioether (sulfide) groups is 1. The number of nitrogens with one attached hydrogen (secondary N) is 2. The van der Waals surface area contributed by atoms with E-state index in [0.29, 0.717) is 5.11 Å². The van der Waals surface area contributed by atoms with Crippen molar-refractivity contribution in [1.29, 1.82) is 0 Å². The van der Waals surface area contributed by atoms with Crippen LogP contribution in [-0.4, -0.2) is 22.3 Å². The summed E-state index contributed by atoms with van der Waals surface area (Å²) in [6.07, 6.45) is 1.06. The van der Waals surface area contributed by atoms with E-state index in [1.165, 1.54) is 16.8 Å². The first-order valence-electron chi connectivity index (χ1n) is 5.92. The van der Waals surface area contributed by atoms with Crippen molar-refractivity contribution in [3.8, 4) is 0 Å². The summed E-state index contributed by atoms with van der Waals surface area (Å²) >= 11 is 7.13. The molecule has 1 saturated heterocycles. The molecule has 1 aromatic rings. The van der Waals surface area contributed by atoms with E-state index in [-0.39, 0.29) is 0 Å². The molecular weight excluding hydrogens is 262 g/mol. The quantitative estimate of drug-likeness (QED) is 0.644. The maximum Gasteiger partial charge on any atom is 0.191 e. The molecule has 0 radical (unpaired) electrons. The summed E-state index contributed by atoms with van der Waals surface area (Å²) in [6, 6.07) is 6.24. The van der Waals surface area contributed by atoms with E-state index in [1.807, 2.05) is 17.8 Å². The zero-order valence-corrected chi connectivity index (χ0v) is 12.3. The van der Waals surface area contributed by atoms with E-state index in [0.717, 1.165) is 23.6 Å². The number of hydrazone groups is 1. The second-order valence-corrected chi connectivity index (χ2v) is 5.88. The fraction of sp³-hybridized carbons (Fsp3) is 0.385. The van der Waals surface area contributed by atoms with Crippen LogP contribution in [-0.2, 0) is 0 Å². The Hall–Kier alpha value is -1.07. The molecule has 2 rings (SSSR count). The standard InChI is InChI=1S/C13H17N3S2/c1-9-3-4-12(10(2)7-9)14-13(17)16-15-11-5-6-18-8-11/h3-4,7H,5-6,8H2,1-2H3,(H2,14,16,17)/b15-11-. The number of thiocarbonyl (C=S) groups is 1. The van der Waals surface area contributed by atoms with Crippen LogP contribution >= 0.6 is 24.0 Å². The predicted octanol–water partition coefficient (Wildman–Crippen LogP) is 3.08. The Morgan fingerprint density at radius 3 is 2.89 bits per heavy atom. The molecule has 1 aliphatic heterocycles. The van der Waals surface area contributed by atoms with Gasteiger partial charge in [0, 0.05) is 17.2 Å². The molecule has 5 heteroatoms. The third kappa shape index (κ3) is 3.71. The van der Waals surface area contributed by atoms with Crippen molar-refractivity contribution in [2.75, 3.05) is 16.8 Å². The Labute approximate surface area is 117 Å². The van der Waals surface area contributed by atoms with Crippen LogP contribution in [0, 0.1) is 13.8 Å². The average Bonchev–Trinajstić information content (AvgIpc) is 2.83. The van der Waals surface area contributed by atoms with Crippen LogP contribution in [0.2, 0.25) is 0 Å². The summed E-state index contributed by atoms with van der Waals surface area (Å²) in [6.45, 7) is 4.15. The largest absolute Gasteiger partial charge is 0.331 e. The van der Waals surface area contributed by atoms with E-state index in [9.17, 15) is 0 Å². The van der Waals surface area contributed by atoms with Gasteiger partial charge in [-0.15, -0.1) is 0 Å². The maximum absolute atomic E-state index is 5.23. The summed E-state index contributed by atoms with van der Waals surface area (Å²) in [4.78, 5) is 0. The molecule has 1 aliphatic rings. The smallest absolute Gasteiger partial charge is 0.191 e. The minimum Gasteiger partial charge on any atom is -0.331 e. The highest BCUT2D eigenvalue weighted by Crippen LogP contribution is 2.16. The number of hydrogen-bond acceptors (Lipinski definition) is 3. The second-order valence-electron chi connectivity index (χ2n) is 4.36. The molecule has 0 amide bonds. The van der Waals surface area contributed by atoms with Gasteiger partial charge in [0.05, 0.1) is 0 Å². The number of aryl methyl sites for hydroxylation is 2. The Bertz CT molecular complexity index is 475. The Morgan fingerprint density at radius 1 is 1.39 bits per heavy atom. The molecule has 0 saturated carbocycles. The van der Waals surface area contributed by atoms with E-state index < -0.39 is 0 Å². The molecule has 96 valence electrons. The van der Waals surface area contributed by atoms with Crippen LogP contribution in [0.1, 0.15) is 17.5 Å². The normalized spacial score (nSPS) is 16.9. The van der Waals surface area contributed by atoms with Gasteiger partial charge in [-0.05, 0) is 49.9 Å². The minimum absolute atomic E-state index is 0.548. The molecular formula is C13H17N3S2. The summed E-state index contributed by atoms with van der Waals surface area (Å²) in [5.74, 6) is 2.18. The number of nitrogens with zero attached hydrogens (tertiary/aromatic N) is 1. The molecule has 1 heterocycles. The van der Waals surface area contributed by atoms with E-state index in [1.54, 1.807) is 0 Å². The van der Waals surface area contributed by atoms with E-state index in [2.05, 4.69) is 41.8 Å². The maximum atomic E-state index is 5.23. The fourth-order valence-electron chi connectivity index (χ4n) is 1.77. The Balaban J connectivity index is 1.92. The minimum atomic E-state index is 0.548. The van der Waals surface area contributed by atoms with Gasteiger partial charge in [-0.1, -0.05) is 17.7 Å². The van der Waals surface area contributed by atoms with Crippen LogP contribution in [0.3, 0.4) is 0 Å². The van der Waals surface area contributed by atoms with Crippen LogP contribution in [0.15, 0.2) is 23.3 Å². The summed E-state index contributed by atoms with van der Waals surface area (Å²) < 4.78 is 0. The van der Waals surface area contributed by atoms with Crippen molar-refractivity contribution in [1.82, 2.24) is 5.43 Å². The van der Waals surface area contributed by atoms with Gasteiger partial charge in [0.2, 0.25) is 0 Å². The third-order valence-electron chi connectivity index (χ3n) is 2.75. The highest BCUT2D eigenvalue weighted by Gasteiger charge is 2.08. The second kappa shape index (κ2) is 6.20. The average molecular weight is 279 g/mol. The van der Waals surface area contributed by atoms with E-state index in [4.69, 9.17) is 12.2 Å². The van der Waals surface area contributed by atoms with Crippen LogP contribution in [0.5, 0.6) is 0 Å². The van der Waals surface area contributed by atoms with Gasteiger partial charge < -0.3 is 5.32 Å². The molecule has 3 nitrogen and oxygen atoms in total. The predicted molar refractivity (Wildman–Crippen MR) is 84.6 cm³/mol. The SMILES string of the molecule is Cc1ccc(NC(=S)N/N=C2/CCSC2)c(C)c1. The van der Waals surface area contributed by atoms with Crippen LogP contribution < -0.4 is 10.7 Å². The zero-order valence-electron chi connectivity index (χ0n) is 10.6. The van der Waals surface area contributed by atoms with Crippen molar-refractivity contribution < 1.29 is 0 Å². The van der Waals surface area contributed by atoms with Gasteiger partial charge in [-0.3, -0.25) is 5.43 Å².